The molecule has 0 saturated heterocycles. The van der Waals surface area contributed by atoms with Gasteiger partial charge >= 0.3 is 0 Å². The van der Waals surface area contributed by atoms with Crippen LogP contribution in [0.25, 0.3) is 0 Å². The molecule has 1 N–H and O–H groups in total. The standard InChI is InChI=1S/C11H17N/c1-2-3-4-10-7-8-11(12-10)9-5-6-9/h7-9,12H,2-6H2,1H3. The summed E-state index contributed by atoms with van der Waals surface area (Å²) in [5.41, 5.74) is 2.90. The average Bonchev–Trinajstić information content (AvgIpc) is 2.83. The van der Waals surface area contributed by atoms with Gasteiger partial charge in [-0.2, -0.15) is 0 Å². The number of hydrogen-bond donors (Lipinski definition) is 1. The van der Waals surface area contributed by atoms with Crippen molar-refractivity contribution in [2.75, 3.05) is 0 Å². The zero-order valence-electron chi connectivity index (χ0n) is 7.77. The molecule has 1 nitrogen and oxygen atoms in total. The molecule has 1 aromatic heterocycles. The zero-order chi connectivity index (χ0) is 8.39. The summed E-state index contributed by atoms with van der Waals surface area (Å²) in [6, 6.07) is 4.52. The molecule has 0 spiro atoms. The molecule has 0 atom stereocenters. The lowest BCUT2D eigenvalue weighted by molar-refractivity contribution is 0.777. The van der Waals surface area contributed by atoms with Crippen molar-refractivity contribution in [2.45, 2.75) is 44.9 Å². The molecule has 1 heterocycles. The molecule has 1 aliphatic rings. The molecule has 1 heteroatoms. The number of unbranched alkanes of at least 4 members (excludes halogenated alkanes) is 1. The second-order valence-electron chi connectivity index (χ2n) is 3.82. The SMILES string of the molecule is CCCCc1ccc(C2CC2)[nH]1. The van der Waals surface area contributed by atoms with Crippen molar-refractivity contribution in [1.29, 1.82) is 0 Å². The fourth-order valence-corrected chi connectivity index (χ4v) is 1.60. The van der Waals surface area contributed by atoms with Crippen LogP contribution < -0.4 is 0 Å². The first kappa shape index (κ1) is 7.90. The maximum Gasteiger partial charge on any atom is 0.0180 e. The minimum Gasteiger partial charge on any atom is -0.362 e. The summed E-state index contributed by atoms with van der Waals surface area (Å²) in [7, 11) is 0. The smallest absolute Gasteiger partial charge is 0.0180 e. The summed E-state index contributed by atoms with van der Waals surface area (Å²) in [6.45, 7) is 2.24. The van der Waals surface area contributed by atoms with E-state index >= 15 is 0 Å². The van der Waals surface area contributed by atoms with Crippen LogP contribution in [-0.2, 0) is 6.42 Å². The minimum absolute atomic E-state index is 0.875. The van der Waals surface area contributed by atoms with Crippen molar-refractivity contribution in [1.82, 2.24) is 4.98 Å². The molecule has 0 amide bonds. The molecule has 66 valence electrons. The van der Waals surface area contributed by atoms with E-state index in [1.165, 1.54) is 43.5 Å². The number of aromatic nitrogens is 1. The molecule has 12 heavy (non-hydrogen) atoms. The number of rotatable bonds is 4. The van der Waals surface area contributed by atoms with Gasteiger partial charge < -0.3 is 4.98 Å². The molecule has 1 aromatic rings. The van der Waals surface area contributed by atoms with Gasteiger partial charge in [0, 0.05) is 11.4 Å². The summed E-state index contributed by atoms with van der Waals surface area (Å²) in [5.74, 6) is 0.875. The van der Waals surface area contributed by atoms with E-state index in [1.807, 2.05) is 0 Å². The Morgan fingerprint density at radius 2 is 2.25 bits per heavy atom. The highest BCUT2D eigenvalue weighted by molar-refractivity contribution is 5.20. The fraction of sp³-hybridized carbons (Fsp3) is 0.636. The first-order chi connectivity index (χ1) is 5.90. The fourth-order valence-electron chi connectivity index (χ4n) is 1.60. The third-order valence-electron chi connectivity index (χ3n) is 2.59. The Morgan fingerprint density at radius 3 is 2.92 bits per heavy atom. The van der Waals surface area contributed by atoms with Crippen LogP contribution in [-0.4, -0.2) is 4.98 Å². The number of aromatic amines is 1. The van der Waals surface area contributed by atoms with Crippen LogP contribution in [0, 0.1) is 0 Å². The molecule has 1 aliphatic carbocycles. The summed E-state index contributed by atoms with van der Waals surface area (Å²) < 4.78 is 0. The van der Waals surface area contributed by atoms with Crippen molar-refractivity contribution >= 4 is 0 Å². The molecule has 0 radical (unpaired) electrons. The van der Waals surface area contributed by atoms with Gasteiger partial charge in [-0.25, -0.2) is 0 Å². The van der Waals surface area contributed by atoms with Gasteiger partial charge in [-0.3, -0.25) is 0 Å². The van der Waals surface area contributed by atoms with Crippen molar-refractivity contribution < 1.29 is 0 Å². The highest BCUT2D eigenvalue weighted by Gasteiger charge is 2.24. The summed E-state index contributed by atoms with van der Waals surface area (Å²) in [5, 5.41) is 0. The van der Waals surface area contributed by atoms with Gasteiger partial charge in [-0.05, 0) is 43.7 Å². The Hall–Kier alpha value is -0.720. The molecule has 1 saturated carbocycles. The third kappa shape index (κ3) is 1.71. The molecular weight excluding hydrogens is 146 g/mol. The predicted molar refractivity (Wildman–Crippen MR) is 51.4 cm³/mol. The van der Waals surface area contributed by atoms with E-state index in [0.717, 1.165) is 5.92 Å². The topological polar surface area (TPSA) is 15.8 Å². The maximum atomic E-state index is 3.51. The quantitative estimate of drug-likeness (QED) is 0.701. The van der Waals surface area contributed by atoms with Gasteiger partial charge in [-0.1, -0.05) is 13.3 Å². The Kier molecular flexibility index (Phi) is 2.20. The second-order valence-corrected chi connectivity index (χ2v) is 3.82. The number of H-pyrrole nitrogens is 1. The lowest BCUT2D eigenvalue weighted by Gasteiger charge is -1.94. The van der Waals surface area contributed by atoms with Crippen LogP contribution in [0.15, 0.2) is 12.1 Å². The molecule has 0 bridgehead atoms. The number of nitrogens with one attached hydrogen (secondary N) is 1. The van der Waals surface area contributed by atoms with Gasteiger partial charge in [0.2, 0.25) is 0 Å². The van der Waals surface area contributed by atoms with Crippen LogP contribution in [0.4, 0.5) is 0 Å². The maximum absolute atomic E-state index is 3.51. The van der Waals surface area contributed by atoms with E-state index in [-0.39, 0.29) is 0 Å². The third-order valence-corrected chi connectivity index (χ3v) is 2.59. The van der Waals surface area contributed by atoms with Crippen molar-refractivity contribution in [2.24, 2.45) is 0 Å². The highest BCUT2D eigenvalue weighted by atomic mass is 14.7. The average molecular weight is 163 g/mol. The second kappa shape index (κ2) is 3.34. The van der Waals surface area contributed by atoms with E-state index in [0.29, 0.717) is 0 Å². The van der Waals surface area contributed by atoms with Crippen LogP contribution in [0.5, 0.6) is 0 Å². The largest absolute Gasteiger partial charge is 0.362 e. The van der Waals surface area contributed by atoms with Gasteiger partial charge in [-0.15, -0.1) is 0 Å². The van der Waals surface area contributed by atoms with Crippen molar-refractivity contribution in [3.05, 3.63) is 23.5 Å². The van der Waals surface area contributed by atoms with Crippen LogP contribution >= 0.6 is 0 Å². The zero-order valence-corrected chi connectivity index (χ0v) is 7.77. The van der Waals surface area contributed by atoms with E-state index in [2.05, 4.69) is 24.0 Å². The molecule has 0 aromatic carbocycles. The molecule has 1 fully saturated rings. The Labute approximate surface area is 74.2 Å². The van der Waals surface area contributed by atoms with Crippen molar-refractivity contribution in [3.8, 4) is 0 Å². The number of hydrogen-bond acceptors (Lipinski definition) is 0. The summed E-state index contributed by atoms with van der Waals surface area (Å²) in [4.78, 5) is 3.51. The summed E-state index contributed by atoms with van der Waals surface area (Å²) in [6.07, 6.45) is 6.62. The lowest BCUT2D eigenvalue weighted by atomic mass is 10.2. The Balaban J connectivity index is 1.93. The van der Waals surface area contributed by atoms with E-state index in [1.54, 1.807) is 0 Å². The van der Waals surface area contributed by atoms with Crippen LogP contribution in [0.1, 0.15) is 49.9 Å². The van der Waals surface area contributed by atoms with E-state index in [4.69, 9.17) is 0 Å². The first-order valence-corrected chi connectivity index (χ1v) is 5.08. The number of aryl methyl sites for hydroxylation is 1. The molecular formula is C11H17N. The Morgan fingerprint density at radius 1 is 1.42 bits per heavy atom. The molecule has 0 aliphatic heterocycles. The minimum atomic E-state index is 0.875. The van der Waals surface area contributed by atoms with Crippen LogP contribution in [0.3, 0.4) is 0 Å². The lowest BCUT2D eigenvalue weighted by Crippen LogP contribution is -1.85. The Bertz CT molecular complexity index is 245. The highest BCUT2D eigenvalue weighted by Crippen LogP contribution is 2.39. The van der Waals surface area contributed by atoms with E-state index < -0.39 is 0 Å². The van der Waals surface area contributed by atoms with E-state index in [9.17, 15) is 0 Å². The van der Waals surface area contributed by atoms with Gasteiger partial charge in [0.25, 0.3) is 0 Å². The van der Waals surface area contributed by atoms with Gasteiger partial charge in [0.1, 0.15) is 0 Å². The van der Waals surface area contributed by atoms with Gasteiger partial charge in [0.05, 0.1) is 0 Å². The van der Waals surface area contributed by atoms with Crippen molar-refractivity contribution in [3.63, 3.8) is 0 Å². The normalized spacial score (nSPS) is 16.8. The monoisotopic (exact) mass is 163 g/mol. The van der Waals surface area contributed by atoms with Gasteiger partial charge in [0.15, 0.2) is 0 Å². The van der Waals surface area contributed by atoms with Crippen LogP contribution in [0.2, 0.25) is 0 Å². The predicted octanol–water partition coefficient (Wildman–Crippen LogP) is 3.23. The molecule has 2 rings (SSSR count). The first-order valence-electron chi connectivity index (χ1n) is 5.08. The summed E-state index contributed by atoms with van der Waals surface area (Å²) >= 11 is 0. The molecule has 0 unspecified atom stereocenters.